The van der Waals surface area contributed by atoms with Gasteiger partial charge in [-0.1, -0.05) is 35.3 Å². The van der Waals surface area contributed by atoms with E-state index in [1.165, 1.54) is 6.07 Å². The maximum absolute atomic E-state index is 13.8. The molecule has 140 valence electrons. The number of hydrogen-bond donors (Lipinski definition) is 1. The molecule has 1 fully saturated rings. The molecule has 1 N–H and O–H groups in total. The van der Waals surface area contributed by atoms with Crippen LogP contribution < -0.4 is 4.90 Å². The second kappa shape index (κ2) is 7.37. The molecule has 0 spiro atoms. The van der Waals surface area contributed by atoms with Crippen LogP contribution in [0.4, 0.5) is 10.3 Å². The fraction of sp³-hybridized carbons (Fsp3) is 0.263. The van der Waals surface area contributed by atoms with E-state index < -0.39 is 5.82 Å². The zero-order valence-electron chi connectivity index (χ0n) is 14.4. The smallest absolute Gasteiger partial charge is 0.255 e. The number of benzene rings is 2. The summed E-state index contributed by atoms with van der Waals surface area (Å²) in [5.41, 5.74) is 2.02. The molecule has 1 aliphatic heterocycles. The van der Waals surface area contributed by atoms with Crippen LogP contribution in [0.15, 0.2) is 36.4 Å². The lowest BCUT2D eigenvalue weighted by Gasteiger charge is -2.22. The van der Waals surface area contributed by atoms with E-state index in [1.807, 2.05) is 24.3 Å². The number of imidazole rings is 1. The summed E-state index contributed by atoms with van der Waals surface area (Å²) < 4.78 is 13.8. The highest BCUT2D eigenvalue weighted by Gasteiger charge is 2.24. The van der Waals surface area contributed by atoms with E-state index in [1.54, 1.807) is 4.90 Å². The van der Waals surface area contributed by atoms with Crippen molar-refractivity contribution in [2.24, 2.45) is 0 Å². The number of anilines is 1. The molecule has 0 atom stereocenters. The van der Waals surface area contributed by atoms with Crippen LogP contribution in [0.25, 0.3) is 11.0 Å². The topological polar surface area (TPSA) is 52.2 Å². The van der Waals surface area contributed by atoms with E-state index in [0.29, 0.717) is 19.6 Å². The molecular formula is C19H17Cl2FN4O. The molecule has 3 aromatic rings. The standard InChI is InChI=1S/C19H17Cl2FN4O/c20-13-11-14(21)15(22)10-12(13)18(27)25-6-3-7-26(9-8-25)19-23-16-4-1-2-5-17(16)24-19/h1-2,4-5,10-11H,3,6-9H2,(H,23,24). The Morgan fingerprint density at radius 3 is 2.70 bits per heavy atom. The number of carbonyl (C=O) groups excluding carboxylic acids is 1. The van der Waals surface area contributed by atoms with Gasteiger partial charge in [-0.25, -0.2) is 9.37 Å². The van der Waals surface area contributed by atoms with Gasteiger partial charge in [0.15, 0.2) is 0 Å². The number of aromatic nitrogens is 2. The van der Waals surface area contributed by atoms with E-state index in [-0.39, 0.29) is 21.5 Å². The molecule has 2 aromatic carbocycles. The summed E-state index contributed by atoms with van der Waals surface area (Å²) in [5, 5.41) is 0.0632. The Hall–Kier alpha value is -2.31. The largest absolute Gasteiger partial charge is 0.341 e. The van der Waals surface area contributed by atoms with Crippen LogP contribution in [-0.2, 0) is 0 Å². The van der Waals surface area contributed by atoms with E-state index >= 15 is 0 Å². The fourth-order valence-corrected chi connectivity index (χ4v) is 3.74. The number of aromatic amines is 1. The van der Waals surface area contributed by atoms with Crippen molar-refractivity contribution >= 4 is 46.1 Å². The molecule has 0 saturated carbocycles. The summed E-state index contributed by atoms with van der Waals surface area (Å²) in [6.07, 6.45) is 0.774. The molecule has 1 aromatic heterocycles. The number of rotatable bonds is 2. The first kappa shape index (κ1) is 18.1. The lowest BCUT2D eigenvalue weighted by atomic mass is 10.2. The Morgan fingerprint density at radius 2 is 1.89 bits per heavy atom. The van der Waals surface area contributed by atoms with Crippen molar-refractivity contribution < 1.29 is 9.18 Å². The van der Waals surface area contributed by atoms with Gasteiger partial charge in [0.2, 0.25) is 5.95 Å². The molecule has 0 unspecified atom stereocenters. The van der Waals surface area contributed by atoms with Crippen molar-refractivity contribution in [3.8, 4) is 0 Å². The van der Waals surface area contributed by atoms with Crippen molar-refractivity contribution in [1.82, 2.24) is 14.9 Å². The van der Waals surface area contributed by atoms with Crippen LogP contribution in [0.5, 0.6) is 0 Å². The first-order valence-electron chi connectivity index (χ1n) is 8.66. The molecule has 0 bridgehead atoms. The molecular weight excluding hydrogens is 390 g/mol. The van der Waals surface area contributed by atoms with Gasteiger partial charge in [0.25, 0.3) is 5.91 Å². The summed E-state index contributed by atoms with van der Waals surface area (Å²) in [6, 6.07) is 10.2. The van der Waals surface area contributed by atoms with E-state index in [2.05, 4.69) is 14.9 Å². The van der Waals surface area contributed by atoms with E-state index in [9.17, 15) is 9.18 Å². The summed E-state index contributed by atoms with van der Waals surface area (Å²) in [7, 11) is 0. The number of nitrogens with one attached hydrogen (secondary N) is 1. The van der Waals surface area contributed by atoms with Crippen LogP contribution in [0, 0.1) is 5.82 Å². The number of H-pyrrole nitrogens is 1. The summed E-state index contributed by atoms with van der Waals surface area (Å²) >= 11 is 11.8. The highest BCUT2D eigenvalue weighted by Crippen LogP contribution is 2.26. The molecule has 1 saturated heterocycles. The molecule has 2 heterocycles. The molecule has 27 heavy (non-hydrogen) atoms. The third-order valence-electron chi connectivity index (χ3n) is 4.70. The lowest BCUT2D eigenvalue weighted by Crippen LogP contribution is -2.35. The molecule has 5 nitrogen and oxygen atoms in total. The maximum Gasteiger partial charge on any atom is 0.255 e. The van der Waals surface area contributed by atoms with Gasteiger partial charge in [-0.05, 0) is 30.7 Å². The number of amides is 1. The predicted octanol–water partition coefficient (Wildman–Crippen LogP) is 4.36. The third-order valence-corrected chi connectivity index (χ3v) is 5.30. The normalized spacial score (nSPS) is 15.2. The quantitative estimate of drug-likeness (QED) is 0.643. The monoisotopic (exact) mass is 406 g/mol. The number of nitrogens with zero attached hydrogens (tertiary/aromatic N) is 3. The van der Waals surface area contributed by atoms with Crippen LogP contribution in [-0.4, -0.2) is 47.0 Å². The van der Waals surface area contributed by atoms with Gasteiger partial charge in [0.1, 0.15) is 5.82 Å². The molecule has 1 amide bonds. The number of halogens is 3. The molecule has 1 aliphatic rings. The van der Waals surface area contributed by atoms with Crippen LogP contribution in [0.1, 0.15) is 16.8 Å². The fourth-order valence-electron chi connectivity index (χ4n) is 3.28. The van der Waals surface area contributed by atoms with Gasteiger partial charge in [0.05, 0.1) is 26.6 Å². The highest BCUT2D eigenvalue weighted by atomic mass is 35.5. The van der Waals surface area contributed by atoms with Gasteiger partial charge < -0.3 is 14.8 Å². The van der Waals surface area contributed by atoms with Crippen molar-refractivity contribution in [2.45, 2.75) is 6.42 Å². The van der Waals surface area contributed by atoms with Crippen molar-refractivity contribution in [3.63, 3.8) is 0 Å². The minimum absolute atomic E-state index is 0.0940. The number of fused-ring (bicyclic) bond motifs is 1. The molecule has 0 radical (unpaired) electrons. The Kier molecular flexibility index (Phi) is 4.93. The third kappa shape index (κ3) is 3.59. The van der Waals surface area contributed by atoms with E-state index in [4.69, 9.17) is 23.2 Å². The van der Waals surface area contributed by atoms with Crippen LogP contribution >= 0.6 is 23.2 Å². The second-order valence-electron chi connectivity index (χ2n) is 6.46. The number of carbonyl (C=O) groups is 1. The van der Waals surface area contributed by atoms with Gasteiger partial charge >= 0.3 is 0 Å². The Balaban J connectivity index is 1.51. The first-order chi connectivity index (χ1) is 13.0. The van der Waals surface area contributed by atoms with Crippen molar-refractivity contribution in [2.75, 3.05) is 31.1 Å². The lowest BCUT2D eigenvalue weighted by molar-refractivity contribution is 0.0766. The molecule has 0 aliphatic carbocycles. The Bertz CT molecular complexity index is 974. The van der Waals surface area contributed by atoms with Crippen molar-refractivity contribution in [1.29, 1.82) is 0 Å². The van der Waals surface area contributed by atoms with Gasteiger partial charge in [-0.2, -0.15) is 0 Å². The average Bonchev–Trinajstić information content (AvgIpc) is 2.93. The highest BCUT2D eigenvalue weighted by molar-refractivity contribution is 6.36. The van der Waals surface area contributed by atoms with Crippen LogP contribution in [0.3, 0.4) is 0 Å². The van der Waals surface area contributed by atoms with Crippen LogP contribution in [0.2, 0.25) is 10.0 Å². The maximum atomic E-state index is 13.8. The molecule has 4 rings (SSSR count). The summed E-state index contributed by atoms with van der Waals surface area (Å²) in [6.45, 7) is 2.46. The minimum Gasteiger partial charge on any atom is -0.341 e. The number of hydrogen-bond acceptors (Lipinski definition) is 3. The van der Waals surface area contributed by atoms with Crippen molar-refractivity contribution in [3.05, 3.63) is 57.8 Å². The summed E-state index contributed by atoms with van der Waals surface area (Å²) in [4.78, 5) is 24.6. The first-order valence-corrected chi connectivity index (χ1v) is 9.42. The minimum atomic E-state index is -0.650. The predicted molar refractivity (Wildman–Crippen MR) is 105 cm³/mol. The Morgan fingerprint density at radius 1 is 1.07 bits per heavy atom. The summed E-state index contributed by atoms with van der Waals surface area (Å²) in [5.74, 6) is -0.147. The second-order valence-corrected chi connectivity index (χ2v) is 7.27. The number of para-hydroxylation sites is 2. The SMILES string of the molecule is O=C(c1cc(F)c(Cl)cc1Cl)N1CCCN(c2nc3ccccc3[nH]2)CC1. The zero-order valence-corrected chi connectivity index (χ0v) is 15.9. The van der Waals surface area contributed by atoms with Gasteiger partial charge in [-0.3, -0.25) is 4.79 Å². The average molecular weight is 407 g/mol. The molecule has 8 heteroatoms. The van der Waals surface area contributed by atoms with Gasteiger partial charge in [-0.15, -0.1) is 0 Å². The zero-order chi connectivity index (χ0) is 19.0. The van der Waals surface area contributed by atoms with Gasteiger partial charge in [0, 0.05) is 26.2 Å². The Labute approximate surface area is 165 Å². The van der Waals surface area contributed by atoms with E-state index in [0.717, 1.165) is 36.0 Å².